The second-order valence-corrected chi connectivity index (χ2v) is 9.34. The molecule has 0 radical (unpaired) electrons. The lowest BCUT2D eigenvalue weighted by molar-refractivity contribution is -0.185. The molecule has 0 spiro atoms. The number of halogens is 6. The summed E-state index contributed by atoms with van der Waals surface area (Å²) in [6.45, 7) is 0.373. The highest BCUT2D eigenvalue weighted by atomic mass is 127. The third-order valence-electron chi connectivity index (χ3n) is 4.53. The van der Waals surface area contributed by atoms with Gasteiger partial charge in [0.05, 0.1) is 16.3 Å². The summed E-state index contributed by atoms with van der Waals surface area (Å²) in [5.74, 6) is -2.09. The van der Waals surface area contributed by atoms with Gasteiger partial charge >= 0.3 is 12.1 Å². The van der Waals surface area contributed by atoms with Gasteiger partial charge in [-0.2, -0.15) is 13.2 Å². The standard InChI is InChI=1S/C19H15ClF3I2N3O2/c20-14-10-12(26-17(29)13-9-11(24)1-3-15(13)25)2-4-16(14)27-5-7-28(8-6-27)18(30)19(21,22)23/h1-4,9-10H,5-8H2,(H,26,29). The Balaban J connectivity index is 1.67. The van der Waals surface area contributed by atoms with Gasteiger partial charge in [-0.05, 0) is 81.6 Å². The molecule has 0 aromatic heterocycles. The molecule has 11 heteroatoms. The zero-order chi connectivity index (χ0) is 22.1. The molecule has 3 rings (SSSR count). The molecule has 1 aliphatic heterocycles. The van der Waals surface area contributed by atoms with Crippen LogP contribution in [0.1, 0.15) is 10.4 Å². The van der Waals surface area contributed by atoms with Crippen LogP contribution in [0.2, 0.25) is 5.02 Å². The molecule has 0 atom stereocenters. The second kappa shape index (κ2) is 9.47. The summed E-state index contributed by atoms with van der Waals surface area (Å²) < 4.78 is 39.5. The fourth-order valence-electron chi connectivity index (χ4n) is 3.04. The molecule has 1 aliphatic rings. The van der Waals surface area contributed by atoms with E-state index >= 15 is 0 Å². The zero-order valence-electron chi connectivity index (χ0n) is 15.3. The van der Waals surface area contributed by atoms with Gasteiger partial charge in [0, 0.05) is 39.0 Å². The van der Waals surface area contributed by atoms with Crippen LogP contribution >= 0.6 is 56.8 Å². The molecule has 1 saturated heterocycles. The molecule has 1 heterocycles. The Bertz CT molecular complexity index is 980. The summed E-state index contributed by atoms with van der Waals surface area (Å²) in [6.07, 6.45) is -4.87. The van der Waals surface area contributed by atoms with E-state index in [0.717, 1.165) is 12.0 Å². The number of carbonyl (C=O) groups excluding carboxylic acids is 2. The molecule has 0 aliphatic carbocycles. The van der Waals surface area contributed by atoms with Crippen LogP contribution in [0.4, 0.5) is 24.5 Å². The fraction of sp³-hybridized carbons (Fsp3) is 0.263. The molecule has 1 N–H and O–H groups in total. The van der Waals surface area contributed by atoms with E-state index in [9.17, 15) is 22.8 Å². The van der Waals surface area contributed by atoms with Gasteiger partial charge in [-0.15, -0.1) is 0 Å². The van der Waals surface area contributed by atoms with Gasteiger partial charge < -0.3 is 15.1 Å². The average molecular weight is 664 g/mol. The van der Waals surface area contributed by atoms with Crippen LogP contribution in [0.5, 0.6) is 0 Å². The first kappa shape index (κ1) is 23.4. The first-order valence-electron chi connectivity index (χ1n) is 8.73. The van der Waals surface area contributed by atoms with E-state index in [-0.39, 0.29) is 32.1 Å². The number of nitrogens with zero attached hydrogens (tertiary/aromatic N) is 2. The number of piperazine rings is 1. The van der Waals surface area contributed by atoms with Crippen molar-refractivity contribution in [3.63, 3.8) is 0 Å². The monoisotopic (exact) mass is 663 g/mol. The van der Waals surface area contributed by atoms with E-state index < -0.39 is 12.1 Å². The van der Waals surface area contributed by atoms with E-state index in [2.05, 4.69) is 50.5 Å². The van der Waals surface area contributed by atoms with Gasteiger partial charge in [0.2, 0.25) is 0 Å². The highest BCUT2D eigenvalue weighted by molar-refractivity contribution is 14.1. The van der Waals surface area contributed by atoms with Crippen LogP contribution in [0.3, 0.4) is 0 Å². The summed E-state index contributed by atoms with van der Waals surface area (Å²) in [6, 6.07) is 10.5. The van der Waals surface area contributed by atoms with Gasteiger partial charge in [0.1, 0.15) is 0 Å². The van der Waals surface area contributed by atoms with E-state index in [1.54, 1.807) is 24.3 Å². The molecular formula is C19H15ClF3I2N3O2. The maximum Gasteiger partial charge on any atom is 0.471 e. The minimum atomic E-state index is -4.87. The van der Waals surface area contributed by atoms with Crippen molar-refractivity contribution in [2.24, 2.45) is 0 Å². The summed E-state index contributed by atoms with van der Waals surface area (Å²) >= 11 is 10.6. The molecule has 1 fully saturated rings. The lowest BCUT2D eigenvalue weighted by Crippen LogP contribution is -2.52. The third kappa shape index (κ3) is 5.49. The van der Waals surface area contributed by atoms with E-state index in [4.69, 9.17) is 11.6 Å². The number of hydrogen-bond donors (Lipinski definition) is 1. The maximum absolute atomic E-state index is 12.6. The number of amides is 2. The molecule has 0 bridgehead atoms. The number of carbonyl (C=O) groups is 2. The minimum Gasteiger partial charge on any atom is -0.367 e. The molecule has 2 aromatic rings. The average Bonchev–Trinajstić information content (AvgIpc) is 2.69. The minimum absolute atomic E-state index is 0.0434. The van der Waals surface area contributed by atoms with Gasteiger partial charge in [-0.1, -0.05) is 11.6 Å². The normalized spacial score (nSPS) is 14.6. The number of anilines is 2. The summed E-state index contributed by atoms with van der Waals surface area (Å²) in [5, 5.41) is 3.17. The number of nitrogens with one attached hydrogen (secondary N) is 1. The number of rotatable bonds is 3. The lowest BCUT2D eigenvalue weighted by atomic mass is 10.2. The largest absolute Gasteiger partial charge is 0.471 e. The highest BCUT2D eigenvalue weighted by Gasteiger charge is 2.43. The zero-order valence-corrected chi connectivity index (χ0v) is 20.3. The Hall–Kier alpha value is -1.28. The maximum atomic E-state index is 12.6. The summed E-state index contributed by atoms with van der Waals surface area (Å²) in [4.78, 5) is 26.5. The quantitative estimate of drug-likeness (QED) is 0.470. The van der Waals surface area contributed by atoms with Gasteiger partial charge in [0.25, 0.3) is 5.91 Å². The van der Waals surface area contributed by atoms with Crippen LogP contribution in [0.15, 0.2) is 36.4 Å². The number of alkyl halides is 3. The van der Waals surface area contributed by atoms with Crippen LogP contribution in [0.25, 0.3) is 0 Å². The number of hydrogen-bond acceptors (Lipinski definition) is 3. The molecule has 160 valence electrons. The fourth-order valence-corrected chi connectivity index (χ4v) is 4.41. The number of benzene rings is 2. The predicted molar refractivity (Wildman–Crippen MR) is 126 cm³/mol. The van der Waals surface area contributed by atoms with Gasteiger partial charge in [0.15, 0.2) is 0 Å². The smallest absolute Gasteiger partial charge is 0.367 e. The van der Waals surface area contributed by atoms with E-state index in [0.29, 0.717) is 22.0 Å². The first-order chi connectivity index (χ1) is 14.1. The van der Waals surface area contributed by atoms with Crippen molar-refractivity contribution in [3.8, 4) is 0 Å². The highest BCUT2D eigenvalue weighted by Crippen LogP contribution is 2.31. The summed E-state index contributed by atoms with van der Waals surface area (Å²) in [5.41, 5.74) is 1.69. The molecule has 30 heavy (non-hydrogen) atoms. The topological polar surface area (TPSA) is 52.7 Å². The SMILES string of the molecule is O=C(Nc1ccc(N2CCN(C(=O)C(F)(F)F)CC2)c(Cl)c1)c1cc(I)ccc1I. The van der Waals surface area contributed by atoms with Crippen LogP contribution in [-0.2, 0) is 4.79 Å². The van der Waals surface area contributed by atoms with Crippen LogP contribution in [-0.4, -0.2) is 49.1 Å². The first-order valence-corrected chi connectivity index (χ1v) is 11.3. The molecule has 5 nitrogen and oxygen atoms in total. The van der Waals surface area contributed by atoms with E-state index in [1.165, 1.54) is 0 Å². The Labute approximate surface area is 203 Å². The predicted octanol–water partition coefficient (Wildman–Crippen LogP) is 5.01. The second-order valence-electron chi connectivity index (χ2n) is 6.52. The van der Waals surface area contributed by atoms with Crippen molar-refractivity contribution < 1.29 is 22.8 Å². The van der Waals surface area contributed by atoms with Gasteiger partial charge in [-0.3, -0.25) is 9.59 Å². The Morgan fingerprint density at radius 1 is 1.00 bits per heavy atom. The van der Waals surface area contributed by atoms with Crippen molar-refractivity contribution >= 4 is 80.0 Å². The molecule has 0 saturated carbocycles. The Morgan fingerprint density at radius 3 is 2.27 bits per heavy atom. The molecular weight excluding hydrogens is 648 g/mol. The van der Waals surface area contributed by atoms with Crippen molar-refractivity contribution in [3.05, 3.63) is 54.1 Å². The molecule has 0 unspecified atom stereocenters. The van der Waals surface area contributed by atoms with Crippen LogP contribution in [0, 0.1) is 7.14 Å². The molecule has 2 aromatic carbocycles. The summed E-state index contributed by atoms with van der Waals surface area (Å²) in [7, 11) is 0. The van der Waals surface area contributed by atoms with Crippen molar-refractivity contribution in [1.82, 2.24) is 4.90 Å². The van der Waals surface area contributed by atoms with Crippen molar-refractivity contribution in [2.45, 2.75) is 6.18 Å². The third-order valence-corrected chi connectivity index (χ3v) is 6.44. The Morgan fingerprint density at radius 2 is 1.67 bits per heavy atom. The lowest BCUT2D eigenvalue weighted by Gasteiger charge is -2.36. The van der Waals surface area contributed by atoms with Crippen molar-refractivity contribution in [1.29, 1.82) is 0 Å². The van der Waals surface area contributed by atoms with Gasteiger partial charge in [-0.25, -0.2) is 0 Å². The van der Waals surface area contributed by atoms with Crippen LogP contribution < -0.4 is 10.2 Å². The molecule has 2 amide bonds. The Kier molecular flexibility index (Phi) is 7.38. The van der Waals surface area contributed by atoms with E-state index in [1.807, 2.05) is 17.0 Å². The van der Waals surface area contributed by atoms with Crippen molar-refractivity contribution in [2.75, 3.05) is 36.4 Å².